The zero-order chi connectivity index (χ0) is 26.3. The number of hydrogen-bond donors (Lipinski definition) is 1. The van der Waals surface area contributed by atoms with Gasteiger partial charge in [-0.15, -0.1) is 0 Å². The second kappa shape index (κ2) is 12.2. The molecule has 2 atom stereocenters. The largest absolute Gasteiger partial charge is 0.352 e. The number of sulfonamides is 1. The Morgan fingerprint density at radius 1 is 0.943 bits per heavy atom. The molecule has 2 rings (SSSR count). The molecule has 0 aliphatic rings. The van der Waals surface area contributed by atoms with E-state index in [9.17, 15) is 18.0 Å². The lowest BCUT2D eigenvalue weighted by Crippen LogP contribution is -2.53. The van der Waals surface area contributed by atoms with E-state index in [-0.39, 0.29) is 25.0 Å². The molecule has 0 aromatic heterocycles. The third-order valence-electron chi connectivity index (χ3n) is 6.45. The van der Waals surface area contributed by atoms with Crippen LogP contribution in [0.3, 0.4) is 0 Å². The summed E-state index contributed by atoms with van der Waals surface area (Å²) >= 11 is 0. The van der Waals surface area contributed by atoms with E-state index >= 15 is 0 Å². The molecule has 8 heteroatoms. The lowest BCUT2D eigenvalue weighted by molar-refractivity contribution is -0.140. The molecule has 0 radical (unpaired) electrons. The second-order valence-electron chi connectivity index (χ2n) is 9.23. The second-order valence-corrected chi connectivity index (χ2v) is 11.1. The highest BCUT2D eigenvalue weighted by molar-refractivity contribution is 7.92. The highest BCUT2D eigenvalue weighted by Gasteiger charge is 2.32. The van der Waals surface area contributed by atoms with Crippen LogP contribution >= 0.6 is 0 Å². The minimum atomic E-state index is -3.75. The Balaban J connectivity index is 2.47. The molecular weight excluding hydrogens is 462 g/mol. The minimum absolute atomic E-state index is 0.0324. The SMILES string of the molecule is CCC(C)NC(=O)C(CC)N(Cc1ccccc1C)C(=O)CN(c1ccc(C)c(C)c1)S(C)(=O)=O. The summed E-state index contributed by atoms with van der Waals surface area (Å²) in [6.45, 7) is 11.4. The van der Waals surface area contributed by atoms with Gasteiger partial charge in [0.25, 0.3) is 0 Å². The standard InChI is InChI=1S/C27H39N3O4S/c1-8-22(6)28-27(32)25(9-2)29(17-23-13-11-10-12-20(23)4)26(31)18-30(35(7,33)34)24-15-14-19(3)21(5)16-24/h10-16,22,25H,8-9,17-18H2,1-7H3,(H,28,32). The van der Waals surface area contributed by atoms with Gasteiger partial charge in [-0.3, -0.25) is 13.9 Å². The summed E-state index contributed by atoms with van der Waals surface area (Å²) in [4.78, 5) is 28.4. The van der Waals surface area contributed by atoms with E-state index in [0.29, 0.717) is 12.1 Å². The Bertz CT molecular complexity index is 1150. The maximum absolute atomic E-state index is 13.7. The van der Waals surface area contributed by atoms with Crippen LogP contribution in [-0.2, 0) is 26.2 Å². The number of amides is 2. The number of hydrogen-bond acceptors (Lipinski definition) is 4. The number of rotatable bonds is 11. The lowest BCUT2D eigenvalue weighted by Gasteiger charge is -2.33. The fraction of sp³-hybridized carbons (Fsp3) is 0.481. The summed E-state index contributed by atoms with van der Waals surface area (Å²) in [6.07, 6.45) is 2.26. The zero-order valence-electron chi connectivity index (χ0n) is 22.0. The smallest absolute Gasteiger partial charge is 0.244 e. The molecule has 35 heavy (non-hydrogen) atoms. The van der Waals surface area contributed by atoms with Crippen molar-refractivity contribution in [1.82, 2.24) is 10.2 Å². The molecule has 0 saturated carbocycles. The van der Waals surface area contributed by atoms with E-state index in [1.807, 2.05) is 71.9 Å². The molecule has 0 bridgehead atoms. The first-order valence-electron chi connectivity index (χ1n) is 12.1. The monoisotopic (exact) mass is 501 g/mol. The average Bonchev–Trinajstić information content (AvgIpc) is 2.79. The third-order valence-corrected chi connectivity index (χ3v) is 7.59. The number of benzene rings is 2. The lowest BCUT2D eigenvalue weighted by atomic mass is 10.1. The molecule has 0 aliphatic heterocycles. The molecule has 2 aromatic carbocycles. The number of anilines is 1. The van der Waals surface area contributed by atoms with Crippen molar-refractivity contribution in [3.63, 3.8) is 0 Å². The van der Waals surface area contributed by atoms with Crippen LogP contribution in [0.1, 0.15) is 55.9 Å². The molecule has 2 unspecified atom stereocenters. The summed E-state index contributed by atoms with van der Waals surface area (Å²) in [5.41, 5.74) is 4.29. The number of carbonyl (C=O) groups is 2. The van der Waals surface area contributed by atoms with Gasteiger partial charge in [-0.1, -0.05) is 44.2 Å². The van der Waals surface area contributed by atoms with E-state index in [2.05, 4.69) is 5.32 Å². The van der Waals surface area contributed by atoms with Crippen LogP contribution in [0.2, 0.25) is 0 Å². The predicted molar refractivity (Wildman–Crippen MR) is 142 cm³/mol. The molecule has 0 saturated heterocycles. The van der Waals surface area contributed by atoms with Gasteiger partial charge in [-0.25, -0.2) is 8.42 Å². The quantitative estimate of drug-likeness (QED) is 0.502. The van der Waals surface area contributed by atoms with Gasteiger partial charge in [-0.05, 0) is 74.9 Å². The van der Waals surface area contributed by atoms with E-state index in [1.54, 1.807) is 12.1 Å². The van der Waals surface area contributed by atoms with Crippen molar-refractivity contribution in [3.8, 4) is 0 Å². The van der Waals surface area contributed by atoms with Crippen molar-refractivity contribution in [2.45, 2.75) is 73.0 Å². The Morgan fingerprint density at radius 3 is 2.14 bits per heavy atom. The van der Waals surface area contributed by atoms with Gasteiger partial charge in [0.15, 0.2) is 0 Å². The van der Waals surface area contributed by atoms with Crippen LogP contribution < -0.4 is 9.62 Å². The van der Waals surface area contributed by atoms with Crippen molar-refractivity contribution in [2.24, 2.45) is 0 Å². The van der Waals surface area contributed by atoms with Gasteiger partial charge in [0.2, 0.25) is 21.8 Å². The van der Waals surface area contributed by atoms with Crippen LogP contribution in [0.5, 0.6) is 0 Å². The fourth-order valence-electron chi connectivity index (χ4n) is 3.83. The Kier molecular flexibility index (Phi) is 9.89. The van der Waals surface area contributed by atoms with Crippen molar-refractivity contribution < 1.29 is 18.0 Å². The van der Waals surface area contributed by atoms with Crippen LogP contribution in [0.25, 0.3) is 0 Å². The molecule has 192 valence electrons. The molecule has 2 amide bonds. The van der Waals surface area contributed by atoms with Gasteiger partial charge < -0.3 is 10.2 Å². The third kappa shape index (κ3) is 7.56. The van der Waals surface area contributed by atoms with Crippen LogP contribution in [-0.4, -0.2) is 50.0 Å². The van der Waals surface area contributed by atoms with Crippen molar-refractivity contribution >= 4 is 27.5 Å². The molecule has 7 nitrogen and oxygen atoms in total. The molecular formula is C27H39N3O4S. The van der Waals surface area contributed by atoms with Crippen LogP contribution in [0.4, 0.5) is 5.69 Å². The van der Waals surface area contributed by atoms with E-state index < -0.39 is 22.0 Å². The first-order chi connectivity index (χ1) is 16.4. The number of aryl methyl sites for hydroxylation is 3. The summed E-state index contributed by atoms with van der Waals surface area (Å²) in [6, 6.07) is 12.2. The van der Waals surface area contributed by atoms with Gasteiger partial charge in [0, 0.05) is 12.6 Å². The Hall–Kier alpha value is -2.87. The van der Waals surface area contributed by atoms with Crippen molar-refractivity contribution in [1.29, 1.82) is 0 Å². The average molecular weight is 502 g/mol. The number of nitrogens with one attached hydrogen (secondary N) is 1. The Labute approximate surface area is 210 Å². The first-order valence-corrected chi connectivity index (χ1v) is 13.9. The maximum Gasteiger partial charge on any atom is 0.244 e. The van der Waals surface area contributed by atoms with E-state index in [0.717, 1.165) is 39.2 Å². The molecule has 0 fully saturated rings. The van der Waals surface area contributed by atoms with Gasteiger partial charge >= 0.3 is 0 Å². The van der Waals surface area contributed by atoms with Gasteiger partial charge in [-0.2, -0.15) is 0 Å². The van der Waals surface area contributed by atoms with Crippen molar-refractivity contribution in [3.05, 3.63) is 64.7 Å². The van der Waals surface area contributed by atoms with Crippen LogP contribution in [0.15, 0.2) is 42.5 Å². The highest BCUT2D eigenvalue weighted by Crippen LogP contribution is 2.23. The van der Waals surface area contributed by atoms with Gasteiger partial charge in [0.1, 0.15) is 12.6 Å². The first kappa shape index (κ1) is 28.4. The summed E-state index contributed by atoms with van der Waals surface area (Å²) in [5, 5.41) is 2.98. The summed E-state index contributed by atoms with van der Waals surface area (Å²) < 4.78 is 26.6. The topological polar surface area (TPSA) is 86.8 Å². The summed E-state index contributed by atoms with van der Waals surface area (Å²) in [7, 11) is -3.75. The number of carbonyl (C=O) groups excluding carboxylic acids is 2. The fourth-order valence-corrected chi connectivity index (χ4v) is 4.67. The molecule has 1 N–H and O–H groups in total. The summed E-state index contributed by atoms with van der Waals surface area (Å²) in [5.74, 6) is -0.663. The molecule has 0 aliphatic carbocycles. The zero-order valence-corrected chi connectivity index (χ0v) is 22.8. The maximum atomic E-state index is 13.7. The normalized spacial score (nSPS) is 13.1. The van der Waals surface area contributed by atoms with Crippen molar-refractivity contribution in [2.75, 3.05) is 17.1 Å². The molecule has 0 heterocycles. The number of nitrogens with zero attached hydrogens (tertiary/aromatic N) is 2. The van der Waals surface area contributed by atoms with Gasteiger partial charge in [0.05, 0.1) is 11.9 Å². The minimum Gasteiger partial charge on any atom is -0.352 e. The van der Waals surface area contributed by atoms with Crippen LogP contribution in [0, 0.1) is 20.8 Å². The highest BCUT2D eigenvalue weighted by atomic mass is 32.2. The Morgan fingerprint density at radius 2 is 1.60 bits per heavy atom. The molecule has 2 aromatic rings. The van der Waals surface area contributed by atoms with E-state index in [4.69, 9.17) is 0 Å². The predicted octanol–water partition coefficient (Wildman–Crippen LogP) is 4.10. The molecule has 0 spiro atoms. The van der Waals surface area contributed by atoms with E-state index in [1.165, 1.54) is 4.90 Å².